The van der Waals surface area contributed by atoms with Crippen LogP contribution in [0.3, 0.4) is 0 Å². The molecule has 0 saturated carbocycles. The molecule has 0 amide bonds. The number of fused-ring (bicyclic) bond motifs is 1. The second-order valence-corrected chi connectivity index (χ2v) is 8.11. The molecule has 2 aromatic heterocycles. The number of benzene rings is 2. The van der Waals surface area contributed by atoms with Gasteiger partial charge in [0.2, 0.25) is 0 Å². The molecule has 0 fully saturated rings. The molecule has 4 aromatic rings. The SMILES string of the molecule is COC(=O)C(C)Sc1ncnc2c1c(-c1ccccc1)cn2-c1cccc(C)c1. The van der Waals surface area contributed by atoms with Crippen molar-refractivity contribution in [2.24, 2.45) is 0 Å². The molecule has 0 aliphatic rings. The van der Waals surface area contributed by atoms with Gasteiger partial charge in [0.25, 0.3) is 0 Å². The van der Waals surface area contributed by atoms with Crippen molar-refractivity contribution >= 4 is 28.8 Å². The van der Waals surface area contributed by atoms with E-state index < -0.39 is 0 Å². The van der Waals surface area contributed by atoms with Crippen LogP contribution in [-0.2, 0) is 9.53 Å². The van der Waals surface area contributed by atoms with Crippen molar-refractivity contribution in [3.05, 3.63) is 72.7 Å². The second-order valence-electron chi connectivity index (χ2n) is 6.78. The minimum Gasteiger partial charge on any atom is -0.468 e. The Kier molecular flexibility index (Phi) is 5.36. The van der Waals surface area contributed by atoms with Gasteiger partial charge in [-0.1, -0.05) is 54.2 Å². The summed E-state index contributed by atoms with van der Waals surface area (Å²) < 4.78 is 6.97. The summed E-state index contributed by atoms with van der Waals surface area (Å²) >= 11 is 1.39. The summed E-state index contributed by atoms with van der Waals surface area (Å²) in [6.07, 6.45) is 3.64. The van der Waals surface area contributed by atoms with Crippen LogP contribution in [0.5, 0.6) is 0 Å². The molecule has 146 valence electrons. The summed E-state index contributed by atoms with van der Waals surface area (Å²) in [5.74, 6) is -0.277. The van der Waals surface area contributed by atoms with E-state index in [0.717, 1.165) is 32.9 Å². The second kappa shape index (κ2) is 8.09. The zero-order chi connectivity index (χ0) is 20.4. The van der Waals surface area contributed by atoms with Gasteiger partial charge < -0.3 is 9.30 Å². The van der Waals surface area contributed by atoms with Gasteiger partial charge in [-0.25, -0.2) is 9.97 Å². The summed E-state index contributed by atoms with van der Waals surface area (Å²) in [6.45, 7) is 3.89. The molecule has 0 spiro atoms. The van der Waals surface area contributed by atoms with Gasteiger partial charge in [0.15, 0.2) is 0 Å². The van der Waals surface area contributed by atoms with Gasteiger partial charge in [-0.3, -0.25) is 4.79 Å². The number of carbonyl (C=O) groups excluding carboxylic acids is 1. The van der Waals surface area contributed by atoms with E-state index in [2.05, 4.69) is 58.0 Å². The monoisotopic (exact) mass is 403 g/mol. The molecule has 0 aliphatic carbocycles. The van der Waals surface area contributed by atoms with Gasteiger partial charge >= 0.3 is 5.97 Å². The Labute approximate surface area is 173 Å². The van der Waals surface area contributed by atoms with E-state index in [9.17, 15) is 4.79 Å². The molecular formula is C23H21N3O2S. The Morgan fingerprint density at radius 1 is 1.10 bits per heavy atom. The normalized spacial score (nSPS) is 12.1. The van der Waals surface area contributed by atoms with E-state index in [1.54, 1.807) is 6.33 Å². The van der Waals surface area contributed by atoms with E-state index in [4.69, 9.17) is 4.74 Å². The summed E-state index contributed by atoms with van der Waals surface area (Å²) in [4.78, 5) is 21.1. The fourth-order valence-electron chi connectivity index (χ4n) is 3.32. The van der Waals surface area contributed by atoms with E-state index in [0.29, 0.717) is 0 Å². The van der Waals surface area contributed by atoms with Crippen molar-refractivity contribution < 1.29 is 9.53 Å². The summed E-state index contributed by atoms with van der Waals surface area (Å²) in [5, 5.41) is 1.32. The average Bonchev–Trinajstić information content (AvgIpc) is 3.14. The van der Waals surface area contributed by atoms with E-state index in [1.807, 2.05) is 31.2 Å². The Morgan fingerprint density at radius 3 is 2.62 bits per heavy atom. The Hall–Kier alpha value is -3.12. The van der Waals surface area contributed by atoms with Crippen LogP contribution in [0.15, 0.2) is 72.1 Å². The lowest BCUT2D eigenvalue weighted by Crippen LogP contribution is -2.14. The first-order valence-corrected chi connectivity index (χ1v) is 10.2. The third-order valence-corrected chi connectivity index (χ3v) is 5.81. The maximum absolute atomic E-state index is 12.0. The number of carbonyl (C=O) groups is 1. The largest absolute Gasteiger partial charge is 0.468 e. The van der Waals surface area contributed by atoms with Gasteiger partial charge in [0.1, 0.15) is 22.3 Å². The van der Waals surface area contributed by atoms with Crippen molar-refractivity contribution in [1.29, 1.82) is 0 Å². The minimum atomic E-state index is -0.371. The number of hydrogen-bond acceptors (Lipinski definition) is 5. The predicted molar refractivity (Wildman–Crippen MR) is 116 cm³/mol. The first kappa shape index (κ1) is 19.2. The number of nitrogens with zero attached hydrogens (tertiary/aromatic N) is 3. The zero-order valence-electron chi connectivity index (χ0n) is 16.5. The number of thioether (sulfide) groups is 1. The lowest BCUT2D eigenvalue weighted by atomic mass is 10.1. The highest BCUT2D eigenvalue weighted by molar-refractivity contribution is 8.00. The van der Waals surface area contributed by atoms with Crippen LogP contribution >= 0.6 is 11.8 Å². The van der Waals surface area contributed by atoms with Crippen LogP contribution in [0.1, 0.15) is 12.5 Å². The van der Waals surface area contributed by atoms with Crippen molar-refractivity contribution in [3.8, 4) is 16.8 Å². The molecule has 0 saturated heterocycles. The topological polar surface area (TPSA) is 57.0 Å². The molecule has 1 atom stereocenters. The number of hydrogen-bond donors (Lipinski definition) is 0. The highest BCUT2D eigenvalue weighted by atomic mass is 32.2. The maximum atomic E-state index is 12.0. The Balaban J connectivity index is 1.95. The molecule has 4 rings (SSSR count). The van der Waals surface area contributed by atoms with Crippen molar-refractivity contribution in [3.63, 3.8) is 0 Å². The lowest BCUT2D eigenvalue weighted by Gasteiger charge is -2.10. The molecule has 0 bridgehead atoms. The highest BCUT2D eigenvalue weighted by Gasteiger charge is 2.22. The molecule has 2 aromatic carbocycles. The van der Waals surface area contributed by atoms with Crippen LogP contribution in [0, 0.1) is 6.92 Å². The first-order chi connectivity index (χ1) is 14.1. The first-order valence-electron chi connectivity index (χ1n) is 9.31. The van der Waals surface area contributed by atoms with E-state index in [-0.39, 0.29) is 11.2 Å². The molecule has 2 heterocycles. The van der Waals surface area contributed by atoms with Crippen molar-refractivity contribution in [1.82, 2.24) is 14.5 Å². The number of esters is 1. The van der Waals surface area contributed by atoms with Gasteiger partial charge in [0, 0.05) is 17.4 Å². The van der Waals surface area contributed by atoms with Gasteiger partial charge in [0.05, 0.1) is 12.5 Å². The molecule has 0 N–H and O–H groups in total. The number of aromatic nitrogens is 3. The van der Waals surface area contributed by atoms with Crippen LogP contribution in [0.4, 0.5) is 0 Å². The van der Waals surface area contributed by atoms with Crippen molar-refractivity contribution in [2.45, 2.75) is 24.1 Å². The average molecular weight is 404 g/mol. The molecule has 29 heavy (non-hydrogen) atoms. The summed E-state index contributed by atoms with van der Waals surface area (Å²) in [7, 11) is 1.40. The Morgan fingerprint density at radius 2 is 1.90 bits per heavy atom. The Bertz CT molecular complexity index is 1170. The number of ether oxygens (including phenoxy) is 1. The van der Waals surface area contributed by atoms with Crippen LogP contribution in [0.2, 0.25) is 0 Å². The number of methoxy groups -OCH3 is 1. The predicted octanol–water partition coefficient (Wildman–Crippen LogP) is 5.05. The molecule has 5 nitrogen and oxygen atoms in total. The molecule has 0 radical (unpaired) electrons. The standard InChI is InChI=1S/C23H21N3O2S/c1-15-8-7-11-18(12-15)26-13-19(17-9-5-4-6-10-17)20-21(26)24-14-25-22(20)29-16(2)23(27)28-3/h4-14,16H,1-3H3. The quantitative estimate of drug-likeness (QED) is 0.265. The van der Waals surface area contributed by atoms with Gasteiger partial charge in [-0.15, -0.1) is 0 Å². The summed E-state index contributed by atoms with van der Waals surface area (Å²) in [6, 6.07) is 18.5. The zero-order valence-corrected chi connectivity index (χ0v) is 17.3. The minimum absolute atomic E-state index is 0.277. The molecule has 6 heteroatoms. The van der Waals surface area contributed by atoms with E-state index >= 15 is 0 Å². The molecular weight excluding hydrogens is 382 g/mol. The molecule has 0 aliphatic heterocycles. The summed E-state index contributed by atoms with van der Waals surface area (Å²) in [5.41, 5.74) is 5.12. The third-order valence-electron chi connectivity index (χ3n) is 4.73. The van der Waals surface area contributed by atoms with Crippen LogP contribution < -0.4 is 0 Å². The van der Waals surface area contributed by atoms with Gasteiger partial charge in [-0.05, 0) is 37.1 Å². The van der Waals surface area contributed by atoms with E-state index in [1.165, 1.54) is 24.4 Å². The molecule has 1 unspecified atom stereocenters. The third kappa shape index (κ3) is 3.76. The fraction of sp³-hybridized carbons (Fsp3) is 0.174. The lowest BCUT2D eigenvalue weighted by molar-refractivity contribution is -0.139. The number of rotatable bonds is 5. The highest BCUT2D eigenvalue weighted by Crippen LogP contribution is 2.38. The van der Waals surface area contributed by atoms with Gasteiger partial charge in [-0.2, -0.15) is 0 Å². The number of aryl methyl sites for hydroxylation is 1. The smallest absolute Gasteiger partial charge is 0.318 e. The maximum Gasteiger partial charge on any atom is 0.318 e. The van der Waals surface area contributed by atoms with Crippen LogP contribution in [0.25, 0.3) is 27.8 Å². The van der Waals surface area contributed by atoms with Crippen molar-refractivity contribution in [2.75, 3.05) is 7.11 Å². The van der Waals surface area contributed by atoms with Crippen LogP contribution in [-0.4, -0.2) is 32.9 Å². The fourth-order valence-corrected chi connectivity index (χ4v) is 4.27.